The summed E-state index contributed by atoms with van der Waals surface area (Å²) in [4.78, 5) is 44.6. The van der Waals surface area contributed by atoms with Crippen molar-refractivity contribution in [3.05, 3.63) is 75.2 Å². The molecular formula is C22H21ClN4O3. The minimum absolute atomic E-state index is 0.0151. The molecule has 0 radical (unpaired) electrons. The molecule has 0 spiro atoms. The molecule has 7 nitrogen and oxygen atoms in total. The molecule has 1 aliphatic rings. The maximum atomic E-state index is 13.1. The lowest BCUT2D eigenvalue weighted by Gasteiger charge is -2.17. The SMILES string of the molecule is O=C(NCc1ccc(Cl)cc1)c1cc2cccnc2n(CC(=O)N2CCCC2)c1=O. The number of halogens is 1. The van der Waals surface area contributed by atoms with Crippen molar-refractivity contribution in [2.75, 3.05) is 13.1 Å². The van der Waals surface area contributed by atoms with E-state index in [9.17, 15) is 14.4 Å². The van der Waals surface area contributed by atoms with Gasteiger partial charge in [0.2, 0.25) is 5.91 Å². The fourth-order valence-electron chi connectivity index (χ4n) is 3.60. The Morgan fingerprint density at radius 1 is 1.10 bits per heavy atom. The van der Waals surface area contributed by atoms with E-state index < -0.39 is 11.5 Å². The van der Waals surface area contributed by atoms with Crippen LogP contribution in [0, 0.1) is 0 Å². The number of fused-ring (bicyclic) bond motifs is 1. The molecule has 2 aromatic heterocycles. The number of carbonyl (C=O) groups is 2. The second-order valence-corrected chi connectivity index (χ2v) is 7.70. The Bertz CT molecular complexity index is 1150. The summed E-state index contributed by atoms with van der Waals surface area (Å²) in [5.41, 5.74) is 0.713. The van der Waals surface area contributed by atoms with Gasteiger partial charge in [-0.2, -0.15) is 0 Å². The van der Waals surface area contributed by atoms with E-state index in [2.05, 4.69) is 10.3 Å². The average Bonchev–Trinajstić information content (AvgIpc) is 3.30. The largest absolute Gasteiger partial charge is 0.348 e. The van der Waals surface area contributed by atoms with Crippen molar-refractivity contribution in [3.63, 3.8) is 0 Å². The number of aromatic nitrogens is 2. The Morgan fingerprint density at radius 3 is 2.57 bits per heavy atom. The third-order valence-electron chi connectivity index (χ3n) is 5.21. The number of benzene rings is 1. The van der Waals surface area contributed by atoms with Gasteiger partial charge in [-0.3, -0.25) is 19.0 Å². The van der Waals surface area contributed by atoms with E-state index in [1.54, 1.807) is 47.5 Å². The van der Waals surface area contributed by atoms with E-state index in [0.29, 0.717) is 29.1 Å². The highest BCUT2D eigenvalue weighted by molar-refractivity contribution is 6.30. The van der Waals surface area contributed by atoms with Crippen molar-refractivity contribution < 1.29 is 9.59 Å². The molecule has 0 bridgehead atoms. The Labute approximate surface area is 178 Å². The Kier molecular flexibility index (Phi) is 5.81. The molecule has 1 aromatic carbocycles. The number of amides is 2. The molecule has 1 fully saturated rings. The molecule has 154 valence electrons. The zero-order chi connectivity index (χ0) is 21.1. The first-order valence-corrected chi connectivity index (χ1v) is 10.2. The summed E-state index contributed by atoms with van der Waals surface area (Å²) in [5, 5.41) is 4.00. The third kappa shape index (κ3) is 4.21. The number of nitrogens with zero attached hydrogens (tertiary/aromatic N) is 3. The first-order valence-electron chi connectivity index (χ1n) is 9.82. The second-order valence-electron chi connectivity index (χ2n) is 7.26. The normalized spacial score (nSPS) is 13.6. The van der Waals surface area contributed by atoms with Crippen LogP contribution >= 0.6 is 11.6 Å². The molecule has 0 aliphatic carbocycles. The summed E-state index contributed by atoms with van der Waals surface area (Å²) in [6.07, 6.45) is 3.50. The van der Waals surface area contributed by atoms with Crippen molar-refractivity contribution in [1.82, 2.24) is 19.8 Å². The minimum Gasteiger partial charge on any atom is -0.348 e. The molecule has 4 rings (SSSR count). The van der Waals surface area contributed by atoms with Crippen LogP contribution < -0.4 is 10.9 Å². The molecule has 0 atom stereocenters. The molecule has 0 saturated carbocycles. The van der Waals surface area contributed by atoms with Gasteiger partial charge in [-0.15, -0.1) is 0 Å². The number of nitrogens with one attached hydrogen (secondary N) is 1. The van der Waals surface area contributed by atoms with Gasteiger partial charge in [0.15, 0.2) is 0 Å². The summed E-state index contributed by atoms with van der Waals surface area (Å²) in [5.74, 6) is -0.636. The van der Waals surface area contributed by atoms with Crippen molar-refractivity contribution in [3.8, 4) is 0 Å². The van der Waals surface area contributed by atoms with Crippen LogP contribution in [-0.2, 0) is 17.9 Å². The van der Waals surface area contributed by atoms with Crippen LogP contribution in [0.15, 0.2) is 53.5 Å². The summed E-state index contributed by atoms with van der Waals surface area (Å²) < 4.78 is 1.30. The maximum Gasteiger partial charge on any atom is 0.265 e. The first kappa shape index (κ1) is 20.1. The predicted octanol–water partition coefficient (Wildman–Crippen LogP) is 2.60. The highest BCUT2D eigenvalue weighted by Gasteiger charge is 2.22. The van der Waals surface area contributed by atoms with Crippen LogP contribution in [0.4, 0.5) is 0 Å². The topological polar surface area (TPSA) is 84.3 Å². The van der Waals surface area contributed by atoms with Gasteiger partial charge >= 0.3 is 0 Å². The van der Waals surface area contributed by atoms with Gasteiger partial charge in [-0.25, -0.2) is 4.98 Å². The highest BCUT2D eigenvalue weighted by atomic mass is 35.5. The molecular weight excluding hydrogens is 404 g/mol. The molecule has 1 saturated heterocycles. The van der Waals surface area contributed by atoms with Gasteiger partial charge < -0.3 is 10.2 Å². The van der Waals surface area contributed by atoms with Crippen LogP contribution in [-0.4, -0.2) is 39.4 Å². The fourth-order valence-corrected chi connectivity index (χ4v) is 3.72. The van der Waals surface area contributed by atoms with Crippen LogP contribution in [0.25, 0.3) is 11.0 Å². The molecule has 3 heterocycles. The Hall–Kier alpha value is -3.19. The van der Waals surface area contributed by atoms with Crippen molar-refractivity contribution in [2.45, 2.75) is 25.9 Å². The van der Waals surface area contributed by atoms with E-state index in [-0.39, 0.29) is 24.6 Å². The molecule has 3 aromatic rings. The van der Waals surface area contributed by atoms with E-state index >= 15 is 0 Å². The second kappa shape index (κ2) is 8.67. The van der Waals surface area contributed by atoms with Crippen molar-refractivity contribution in [2.24, 2.45) is 0 Å². The average molecular weight is 425 g/mol. The number of hydrogen-bond donors (Lipinski definition) is 1. The molecule has 1 aliphatic heterocycles. The smallest absolute Gasteiger partial charge is 0.265 e. The Balaban J connectivity index is 1.63. The molecule has 30 heavy (non-hydrogen) atoms. The molecule has 8 heteroatoms. The van der Waals surface area contributed by atoms with Gasteiger partial charge in [0.05, 0.1) is 0 Å². The van der Waals surface area contributed by atoms with Gasteiger partial charge in [-0.05, 0) is 48.7 Å². The van der Waals surface area contributed by atoms with Crippen LogP contribution in [0.5, 0.6) is 0 Å². The number of pyridine rings is 2. The van der Waals surface area contributed by atoms with Gasteiger partial charge in [-0.1, -0.05) is 23.7 Å². The third-order valence-corrected chi connectivity index (χ3v) is 5.46. The summed E-state index contributed by atoms with van der Waals surface area (Å²) in [6.45, 7) is 1.51. The van der Waals surface area contributed by atoms with E-state index in [1.807, 2.05) is 0 Å². The fraction of sp³-hybridized carbons (Fsp3) is 0.273. The van der Waals surface area contributed by atoms with Gasteiger partial charge in [0.1, 0.15) is 17.8 Å². The standard InChI is InChI=1S/C22H21ClN4O3/c23-17-7-5-15(6-8-17)13-25-21(29)18-12-16-4-3-9-24-20(16)27(22(18)30)14-19(28)26-10-1-2-11-26/h3-9,12H,1-2,10-11,13-14H2,(H,25,29). The van der Waals surface area contributed by atoms with Crippen LogP contribution in [0.1, 0.15) is 28.8 Å². The van der Waals surface area contributed by atoms with Crippen molar-refractivity contribution >= 4 is 34.4 Å². The number of carbonyl (C=O) groups excluding carboxylic acids is 2. The predicted molar refractivity (Wildman–Crippen MR) is 114 cm³/mol. The lowest BCUT2D eigenvalue weighted by atomic mass is 10.1. The van der Waals surface area contributed by atoms with E-state index in [4.69, 9.17) is 11.6 Å². The zero-order valence-electron chi connectivity index (χ0n) is 16.3. The summed E-state index contributed by atoms with van der Waals surface area (Å²) in [6, 6.07) is 12.1. The summed E-state index contributed by atoms with van der Waals surface area (Å²) in [7, 11) is 0. The number of likely N-dealkylation sites (tertiary alicyclic amines) is 1. The van der Waals surface area contributed by atoms with Crippen LogP contribution in [0.2, 0.25) is 5.02 Å². The number of rotatable bonds is 5. The van der Waals surface area contributed by atoms with Crippen LogP contribution in [0.3, 0.4) is 0 Å². The lowest BCUT2D eigenvalue weighted by molar-refractivity contribution is -0.130. The maximum absolute atomic E-state index is 13.1. The van der Waals surface area contributed by atoms with Gasteiger partial charge in [0, 0.05) is 36.2 Å². The molecule has 0 unspecified atom stereocenters. The summed E-state index contributed by atoms with van der Waals surface area (Å²) >= 11 is 5.88. The highest BCUT2D eigenvalue weighted by Crippen LogP contribution is 2.14. The zero-order valence-corrected chi connectivity index (χ0v) is 17.1. The van der Waals surface area contributed by atoms with Crippen molar-refractivity contribution in [1.29, 1.82) is 0 Å². The van der Waals surface area contributed by atoms with E-state index in [0.717, 1.165) is 18.4 Å². The minimum atomic E-state index is -0.526. The number of hydrogen-bond acceptors (Lipinski definition) is 4. The monoisotopic (exact) mass is 424 g/mol. The Morgan fingerprint density at radius 2 is 1.83 bits per heavy atom. The van der Waals surface area contributed by atoms with Gasteiger partial charge in [0.25, 0.3) is 11.5 Å². The molecule has 2 amide bonds. The lowest BCUT2D eigenvalue weighted by Crippen LogP contribution is -2.38. The van der Waals surface area contributed by atoms with E-state index in [1.165, 1.54) is 10.6 Å². The quantitative estimate of drug-likeness (QED) is 0.682. The first-order chi connectivity index (χ1) is 14.5. The molecule has 1 N–H and O–H groups in total.